The summed E-state index contributed by atoms with van der Waals surface area (Å²) < 4.78 is 5.15. The molecule has 0 aliphatic rings. The van der Waals surface area contributed by atoms with E-state index in [2.05, 4.69) is 15.5 Å². The third-order valence-electron chi connectivity index (χ3n) is 2.29. The SMILES string of the molecule is CCOc1ccc(C(=O)Nc2cc(Cl)cc(Cl)c2)nn1. The van der Waals surface area contributed by atoms with Crippen LogP contribution in [-0.4, -0.2) is 22.7 Å². The Morgan fingerprint density at radius 3 is 2.45 bits per heavy atom. The van der Waals surface area contributed by atoms with E-state index in [0.717, 1.165) is 0 Å². The monoisotopic (exact) mass is 311 g/mol. The van der Waals surface area contributed by atoms with Crippen molar-refractivity contribution in [2.45, 2.75) is 6.92 Å². The van der Waals surface area contributed by atoms with E-state index in [4.69, 9.17) is 27.9 Å². The molecule has 7 heteroatoms. The molecular formula is C13H11Cl2N3O2. The van der Waals surface area contributed by atoms with Crippen molar-refractivity contribution in [3.05, 3.63) is 46.1 Å². The smallest absolute Gasteiger partial charge is 0.276 e. The number of ether oxygens (including phenoxy) is 1. The van der Waals surface area contributed by atoms with E-state index < -0.39 is 5.91 Å². The molecule has 1 N–H and O–H groups in total. The maximum absolute atomic E-state index is 12.0. The van der Waals surface area contributed by atoms with E-state index in [0.29, 0.717) is 28.2 Å². The van der Waals surface area contributed by atoms with Crippen LogP contribution in [0.2, 0.25) is 10.0 Å². The molecule has 0 unspecified atom stereocenters. The number of nitrogens with zero attached hydrogens (tertiary/aromatic N) is 2. The standard InChI is InChI=1S/C13H11Cl2N3O2/c1-2-20-12-4-3-11(17-18-12)13(19)16-10-6-8(14)5-9(15)7-10/h3-7H,2H2,1H3,(H,16,19). The molecule has 0 atom stereocenters. The van der Waals surface area contributed by atoms with Crippen molar-refractivity contribution in [3.8, 4) is 5.88 Å². The minimum Gasteiger partial charge on any atom is -0.477 e. The Kier molecular flexibility index (Phi) is 4.76. The number of rotatable bonds is 4. The zero-order chi connectivity index (χ0) is 14.5. The minimum absolute atomic E-state index is 0.171. The van der Waals surface area contributed by atoms with Crippen LogP contribution in [0.3, 0.4) is 0 Å². The van der Waals surface area contributed by atoms with Crippen LogP contribution >= 0.6 is 23.2 Å². The second-order valence-electron chi connectivity index (χ2n) is 3.80. The topological polar surface area (TPSA) is 64.1 Å². The Labute approximate surface area is 125 Å². The number of carbonyl (C=O) groups excluding carboxylic acids is 1. The highest BCUT2D eigenvalue weighted by molar-refractivity contribution is 6.35. The number of nitrogens with one attached hydrogen (secondary N) is 1. The molecule has 0 saturated heterocycles. The lowest BCUT2D eigenvalue weighted by Crippen LogP contribution is -2.14. The van der Waals surface area contributed by atoms with Gasteiger partial charge in [0.2, 0.25) is 5.88 Å². The van der Waals surface area contributed by atoms with Crippen LogP contribution in [0.5, 0.6) is 5.88 Å². The normalized spacial score (nSPS) is 10.2. The van der Waals surface area contributed by atoms with E-state index in [1.54, 1.807) is 24.3 Å². The molecule has 1 heterocycles. The Hall–Kier alpha value is -1.85. The molecule has 2 rings (SSSR count). The zero-order valence-electron chi connectivity index (χ0n) is 10.6. The summed E-state index contributed by atoms with van der Waals surface area (Å²) in [6, 6.07) is 7.87. The molecule has 0 aliphatic heterocycles. The summed E-state index contributed by atoms with van der Waals surface area (Å²) in [6.45, 7) is 2.33. The molecule has 0 radical (unpaired) electrons. The van der Waals surface area contributed by atoms with Gasteiger partial charge < -0.3 is 10.1 Å². The number of amides is 1. The first kappa shape index (κ1) is 14.6. The number of benzene rings is 1. The van der Waals surface area contributed by atoms with Crippen LogP contribution in [0.1, 0.15) is 17.4 Å². The third kappa shape index (κ3) is 3.82. The summed E-state index contributed by atoms with van der Waals surface area (Å²) in [5.74, 6) is -0.0336. The molecule has 0 spiro atoms. The van der Waals surface area contributed by atoms with Crippen molar-refractivity contribution in [1.82, 2.24) is 10.2 Å². The number of hydrogen-bond donors (Lipinski definition) is 1. The van der Waals surface area contributed by atoms with Gasteiger partial charge >= 0.3 is 0 Å². The van der Waals surface area contributed by atoms with Gasteiger partial charge in [-0.1, -0.05) is 23.2 Å². The van der Waals surface area contributed by atoms with E-state index in [9.17, 15) is 4.79 Å². The van der Waals surface area contributed by atoms with Crippen LogP contribution in [-0.2, 0) is 0 Å². The maximum Gasteiger partial charge on any atom is 0.276 e. The van der Waals surface area contributed by atoms with Gasteiger partial charge in [0.15, 0.2) is 5.69 Å². The zero-order valence-corrected chi connectivity index (χ0v) is 12.1. The van der Waals surface area contributed by atoms with Gasteiger partial charge in [-0.25, -0.2) is 0 Å². The van der Waals surface area contributed by atoms with Crippen LogP contribution in [0.25, 0.3) is 0 Å². The van der Waals surface area contributed by atoms with Crippen molar-refractivity contribution in [3.63, 3.8) is 0 Å². The van der Waals surface area contributed by atoms with Gasteiger partial charge in [0.1, 0.15) is 0 Å². The summed E-state index contributed by atoms with van der Waals surface area (Å²) in [5, 5.41) is 11.1. The molecule has 0 aliphatic carbocycles. The fourth-order valence-corrected chi connectivity index (χ4v) is 2.01. The average molecular weight is 312 g/mol. The van der Waals surface area contributed by atoms with Crippen molar-refractivity contribution >= 4 is 34.8 Å². The molecule has 0 fully saturated rings. The molecule has 104 valence electrons. The van der Waals surface area contributed by atoms with Crippen LogP contribution in [0.15, 0.2) is 30.3 Å². The summed E-state index contributed by atoms with van der Waals surface area (Å²) >= 11 is 11.7. The molecule has 2 aromatic rings. The van der Waals surface area contributed by atoms with Crippen molar-refractivity contribution in [2.75, 3.05) is 11.9 Å². The number of hydrogen-bond acceptors (Lipinski definition) is 4. The van der Waals surface area contributed by atoms with Gasteiger partial charge in [-0.05, 0) is 31.2 Å². The van der Waals surface area contributed by atoms with Crippen LogP contribution in [0.4, 0.5) is 5.69 Å². The highest BCUT2D eigenvalue weighted by atomic mass is 35.5. The fraction of sp³-hybridized carbons (Fsp3) is 0.154. The van der Waals surface area contributed by atoms with E-state index in [1.165, 1.54) is 6.07 Å². The highest BCUT2D eigenvalue weighted by Crippen LogP contribution is 2.22. The van der Waals surface area contributed by atoms with Gasteiger partial charge in [-0.3, -0.25) is 4.79 Å². The quantitative estimate of drug-likeness (QED) is 0.939. The molecule has 1 amide bonds. The van der Waals surface area contributed by atoms with Gasteiger partial charge in [-0.2, -0.15) is 0 Å². The van der Waals surface area contributed by atoms with Crippen molar-refractivity contribution in [2.24, 2.45) is 0 Å². The second-order valence-corrected chi connectivity index (χ2v) is 4.67. The fourth-order valence-electron chi connectivity index (χ4n) is 1.49. The third-order valence-corrected chi connectivity index (χ3v) is 2.72. The summed E-state index contributed by atoms with van der Waals surface area (Å²) in [7, 11) is 0. The number of anilines is 1. The predicted molar refractivity (Wildman–Crippen MR) is 77.6 cm³/mol. The Morgan fingerprint density at radius 2 is 1.90 bits per heavy atom. The largest absolute Gasteiger partial charge is 0.477 e. The Morgan fingerprint density at radius 1 is 1.20 bits per heavy atom. The predicted octanol–water partition coefficient (Wildman–Crippen LogP) is 3.43. The van der Waals surface area contributed by atoms with Gasteiger partial charge in [0.05, 0.1) is 6.61 Å². The van der Waals surface area contributed by atoms with E-state index in [-0.39, 0.29) is 5.69 Å². The van der Waals surface area contributed by atoms with Crippen molar-refractivity contribution in [1.29, 1.82) is 0 Å². The number of aromatic nitrogens is 2. The van der Waals surface area contributed by atoms with Crippen molar-refractivity contribution < 1.29 is 9.53 Å². The first-order valence-corrected chi connectivity index (χ1v) is 6.58. The summed E-state index contributed by atoms with van der Waals surface area (Å²) in [6.07, 6.45) is 0. The van der Waals surface area contributed by atoms with Gasteiger partial charge in [-0.15, -0.1) is 10.2 Å². The first-order chi connectivity index (χ1) is 9.58. The Bertz CT molecular complexity index is 597. The van der Waals surface area contributed by atoms with Crippen LogP contribution < -0.4 is 10.1 Å². The summed E-state index contributed by atoms with van der Waals surface area (Å²) in [4.78, 5) is 12.0. The van der Waals surface area contributed by atoms with E-state index in [1.807, 2.05) is 6.92 Å². The minimum atomic E-state index is -0.404. The first-order valence-electron chi connectivity index (χ1n) is 5.82. The molecular weight excluding hydrogens is 301 g/mol. The number of halogens is 2. The lowest BCUT2D eigenvalue weighted by atomic mass is 10.3. The van der Waals surface area contributed by atoms with E-state index >= 15 is 0 Å². The second kappa shape index (κ2) is 6.54. The average Bonchev–Trinajstić information content (AvgIpc) is 2.38. The molecule has 1 aromatic carbocycles. The van der Waals surface area contributed by atoms with Gasteiger partial charge in [0.25, 0.3) is 5.91 Å². The van der Waals surface area contributed by atoms with Crippen LogP contribution in [0, 0.1) is 0 Å². The van der Waals surface area contributed by atoms with Gasteiger partial charge in [0, 0.05) is 21.8 Å². The molecule has 5 nitrogen and oxygen atoms in total. The summed E-state index contributed by atoms with van der Waals surface area (Å²) in [5.41, 5.74) is 0.660. The lowest BCUT2D eigenvalue weighted by molar-refractivity contribution is 0.102. The molecule has 20 heavy (non-hydrogen) atoms. The maximum atomic E-state index is 12.0. The molecule has 0 bridgehead atoms. The lowest BCUT2D eigenvalue weighted by Gasteiger charge is -2.06. The Balaban J connectivity index is 2.11. The molecule has 0 saturated carbocycles. The number of carbonyl (C=O) groups is 1. The molecule has 1 aromatic heterocycles. The highest BCUT2D eigenvalue weighted by Gasteiger charge is 2.10.